The number of rotatable bonds is 6. The number of carbonyl (C=O) groups excluding carboxylic acids is 1. The van der Waals surface area contributed by atoms with Gasteiger partial charge in [-0.1, -0.05) is 37.3 Å². The number of nitrogens with one attached hydrogen (secondary N) is 1. The highest BCUT2D eigenvalue weighted by molar-refractivity contribution is 5.94. The molecule has 0 saturated heterocycles. The maximum atomic E-state index is 12.7. The number of nitrogens with zero attached hydrogens (tertiary/aromatic N) is 2. The van der Waals surface area contributed by atoms with Gasteiger partial charge in [0, 0.05) is 24.5 Å². The predicted molar refractivity (Wildman–Crippen MR) is 109 cm³/mol. The monoisotopic (exact) mass is 361 g/mol. The number of aromatic nitrogens is 2. The summed E-state index contributed by atoms with van der Waals surface area (Å²) in [6.07, 6.45) is 4.62. The van der Waals surface area contributed by atoms with E-state index in [1.807, 2.05) is 37.4 Å². The second kappa shape index (κ2) is 8.21. The molecule has 1 N–H and O–H groups in total. The molecule has 0 saturated carbocycles. The van der Waals surface area contributed by atoms with Crippen molar-refractivity contribution >= 4 is 5.91 Å². The van der Waals surface area contributed by atoms with Crippen molar-refractivity contribution in [3.05, 3.63) is 88.5 Å². The normalized spacial score (nSPS) is 12.0. The van der Waals surface area contributed by atoms with Gasteiger partial charge in [0.1, 0.15) is 5.82 Å². The first kappa shape index (κ1) is 18.9. The fourth-order valence-electron chi connectivity index (χ4n) is 3.17. The highest BCUT2D eigenvalue weighted by atomic mass is 16.1. The van der Waals surface area contributed by atoms with Crippen molar-refractivity contribution in [2.45, 2.75) is 46.7 Å². The smallest absolute Gasteiger partial charge is 0.251 e. The molecule has 2 aromatic carbocycles. The molecule has 0 radical (unpaired) electrons. The predicted octanol–water partition coefficient (Wildman–Crippen LogP) is 4.74. The van der Waals surface area contributed by atoms with Crippen LogP contribution in [0.4, 0.5) is 0 Å². The fraction of sp³-hybridized carbons (Fsp3) is 0.304. The number of hydrogen-bond donors (Lipinski definition) is 1. The molecule has 0 spiro atoms. The van der Waals surface area contributed by atoms with Gasteiger partial charge in [-0.15, -0.1) is 0 Å². The number of benzene rings is 2. The summed E-state index contributed by atoms with van der Waals surface area (Å²) in [5, 5.41) is 3.17. The van der Waals surface area contributed by atoms with E-state index in [0.717, 1.165) is 29.9 Å². The average Bonchev–Trinajstić information content (AvgIpc) is 3.07. The molecule has 1 unspecified atom stereocenters. The maximum absolute atomic E-state index is 12.7. The van der Waals surface area contributed by atoms with E-state index < -0.39 is 0 Å². The molecule has 4 nitrogen and oxygen atoms in total. The molecule has 1 amide bonds. The summed E-state index contributed by atoms with van der Waals surface area (Å²) in [7, 11) is 0. The van der Waals surface area contributed by atoms with Crippen LogP contribution in [0.15, 0.2) is 54.9 Å². The van der Waals surface area contributed by atoms with Crippen molar-refractivity contribution in [2.75, 3.05) is 0 Å². The lowest BCUT2D eigenvalue weighted by atomic mass is 9.99. The van der Waals surface area contributed by atoms with Gasteiger partial charge in [0.25, 0.3) is 5.91 Å². The van der Waals surface area contributed by atoms with Crippen LogP contribution in [0.2, 0.25) is 0 Å². The van der Waals surface area contributed by atoms with E-state index >= 15 is 0 Å². The molecule has 1 aromatic heterocycles. The standard InChI is InChI=1S/C23H27N3O/c1-5-22(21-9-6-16(2)17(3)14-21)25-23(27)20-10-7-19(8-11-20)15-26-13-12-24-18(26)4/h6-14,22H,5,15H2,1-4H3,(H,25,27). The number of aryl methyl sites for hydroxylation is 3. The molecule has 0 aliphatic rings. The van der Waals surface area contributed by atoms with Crippen molar-refractivity contribution in [2.24, 2.45) is 0 Å². The molecular weight excluding hydrogens is 334 g/mol. The lowest BCUT2D eigenvalue weighted by Gasteiger charge is -2.19. The minimum absolute atomic E-state index is 0.0186. The van der Waals surface area contributed by atoms with E-state index in [4.69, 9.17) is 0 Å². The van der Waals surface area contributed by atoms with E-state index in [1.54, 1.807) is 6.20 Å². The van der Waals surface area contributed by atoms with Crippen LogP contribution in [-0.2, 0) is 6.54 Å². The topological polar surface area (TPSA) is 46.9 Å². The van der Waals surface area contributed by atoms with E-state index in [0.29, 0.717) is 5.56 Å². The maximum Gasteiger partial charge on any atom is 0.251 e. The minimum atomic E-state index is -0.0366. The number of amides is 1. The lowest BCUT2D eigenvalue weighted by molar-refractivity contribution is 0.0935. The molecule has 0 bridgehead atoms. The van der Waals surface area contributed by atoms with Gasteiger partial charge in [0.2, 0.25) is 0 Å². The zero-order valence-corrected chi connectivity index (χ0v) is 16.5. The molecule has 1 heterocycles. The third kappa shape index (κ3) is 4.45. The number of imidazole rings is 1. The number of hydrogen-bond acceptors (Lipinski definition) is 2. The van der Waals surface area contributed by atoms with Gasteiger partial charge in [-0.2, -0.15) is 0 Å². The van der Waals surface area contributed by atoms with Crippen LogP contribution in [-0.4, -0.2) is 15.5 Å². The van der Waals surface area contributed by atoms with Gasteiger partial charge >= 0.3 is 0 Å². The second-order valence-corrected chi connectivity index (χ2v) is 7.08. The summed E-state index contributed by atoms with van der Waals surface area (Å²) in [4.78, 5) is 16.9. The van der Waals surface area contributed by atoms with Crippen LogP contribution >= 0.6 is 0 Å². The number of carbonyl (C=O) groups is 1. The van der Waals surface area contributed by atoms with Crippen molar-refractivity contribution in [1.82, 2.24) is 14.9 Å². The largest absolute Gasteiger partial charge is 0.345 e. The van der Waals surface area contributed by atoms with Crippen molar-refractivity contribution in [3.63, 3.8) is 0 Å². The Morgan fingerprint density at radius 2 is 1.81 bits per heavy atom. The Hall–Kier alpha value is -2.88. The second-order valence-electron chi connectivity index (χ2n) is 7.08. The van der Waals surface area contributed by atoms with Crippen LogP contribution in [0.5, 0.6) is 0 Å². The quantitative estimate of drug-likeness (QED) is 0.689. The van der Waals surface area contributed by atoms with Crippen LogP contribution in [0.1, 0.15) is 57.8 Å². The highest BCUT2D eigenvalue weighted by Crippen LogP contribution is 2.20. The first-order valence-corrected chi connectivity index (χ1v) is 9.42. The molecule has 0 aliphatic carbocycles. The van der Waals surface area contributed by atoms with Crippen LogP contribution in [0.3, 0.4) is 0 Å². The SMILES string of the molecule is CCC(NC(=O)c1ccc(Cn2ccnc2C)cc1)c1ccc(C)c(C)c1. The molecule has 140 valence electrons. The molecule has 1 atom stereocenters. The van der Waals surface area contributed by atoms with Crippen LogP contribution in [0, 0.1) is 20.8 Å². The molecular formula is C23H27N3O. The van der Waals surface area contributed by atoms with E-state index in [9.17, 15) is 4.79 Å². The van der Waals surface area contributed by atoms with Gasteiger partial charge in [0.15, 0.2) is 0 Å². The first-order valence-electron chi connectivity index (χ1n) is 9.42. The Labute approximate surface area is 161 Å². The third-order valence-electron chi connectivity index (χ3n) is 5.14. The summed E-state index contributed by atoms with van der Waals surface area (Å²) in [5.41, 5.74) is 5.50. The Bertz CT molecular complexity index is 925. The summed E-state index contributed by atoms with van der Waals surface area (Å²) in [6, 6.07) is 14.2. The van der Waals surface area contributed by atoms with Crippen molar-refractivity contribution in [3.8, 4) is 0 Å². The van der Waals surface area contributed by atoms with Gasteiger partial charge in [0.05, 0.1) is 6.04 Å². The van der Waals surface area contributed by atoms with E-state index in [1.165, 1.54) is 11.1 Å². The zero-order valence-electron chi connectivity index (χ0n) is 16.5. The van der Waals surface area contributed by atoms with E-state index in [-0.39, 0.29) is 11.9 Å². The summed E-state index contributed by atoms with van der Waals surface area (Å²) < 4.78 is 2.09. The van der Waals surface area contributed by atoms with Crippen LogP contribution < -0.4 is 5.32 Å². The minimum Gasteiger partial charge on any atom is -0.345 e. The molecule has 0 fully saturated rings. The Morgan fingerprint density at radius 1 is 1.07 bits per heavy atom. The summed E-state index contributed by atoms with van der Waals surface area (Å²) in [5.74, 6) is 0.946. The summed E-state index contributed by atoms with van der Waals surface area (Å²) in [6.45, 7) is 9.05. The van der Waals surface area contributed by atoms with Gasteiger partial charge in [-0.25, -0.2) is 4.98 Å². The zero-order chi connectivity index (χ0) is 19.4. The van der Waals surface area contributed by atoms with E-state index in [2.05, 4.69) is 53.8 Å². The molecule has 3 rings (SSSR count). The van der Waals surface area contributed by atoms with Gasteiger partial charge in [-0.3, -0.25) is 4.79 Å². The highest BCUT2D eigenvalue weighted by Gasteiger charge is 2.14. The van der Waals surface area contributed by atoms with Gasteiger partial charge in [-0.05, 0) is 61.6 Å². The summed E-state index contributed by atoms with van der Waals surface area (Å²) >= 11 is 0. The van der Waals surface area contributed by atoms with Crippen LogP contribution in [0.25, 0.3) is 0 Å². The fourth-order valence-corrected chi connectivity index (χ4v) is 3.17. The Balaban J connectivity index is 1.69. The van der Waals surface area contributed by atoms with Crippen molar-refractivity contribution < 1.29 is 4.79 Å². The molecule has 3 aromatic rings. The Morgan fingerprint density at radius 3 is 2.41 bits per heavy atom. The molecule has 0 aliphatic heterocycles. The Kier molecular flexibility index (Phi) is 5.75. The molecule has 27 heavy (non-hydrogen) atoms. The van der Waals surface area contributed by atoms with Crippen molar-refractivity contribution in [1.29, 1.82) is 0 Å². The third-order valence-corrected chi connectivity index (χ3v) is 5.14. The van der Waals surface area contributed by atoms with Gasteiger partial charge < -0.3 is 9.88 Å². The lowest BCUT2D eigenvalue weighted by Crippen LogP contribution is -2.28. The first-order chi connectivity index (χ1) is 13.0. The molecule has 4 heteroatoms. The average molecular weight is 361 g/mol.